The average Bonchev–Trinajstić information content (AvgIpc) is 3.18. The molecule has 1 aliphatic heterocycles. The summed E-state index contributed by atoms with van der Waals surface area (Å²) >= 11 is 0. The van der Waals surface area contributed by atoms with Crippen molar-refractivity contribution >= 4 is 33.8 Å². The van der Waals surface area contributed by atoms with E-state index >= 15 is 0 Å². The number of furan rings is 1. The summed E-state index contributed by atoms with van der Waals surface area (Å²) in [6.45, 7) is 8.44. The zero-order valence-electron chi connectivity index (χ0n) is 21.6. The number of amides is 1. The fraction of sp³-hybridized carbons (Fsp3) is 0.367. The lowest BCUT2D eigenvalue weighted by molar-refractivity contribution is -0.148. The second-order valence-corrected chi connectivity index (χ2v) is 10.2. The van der Waals surface area contributed by atoms with Crippen LogP contribution in [-0.2, 0) is 21.4 Å². The molecule has 2 aromatic heterocycles. The number of likely N-dealkylation sites (tertiary alicyclic amines) is 1. The van der Waals surface area contributed by atoms with E-state index in [0.717, 1.165) is 44.4 Å². The number of hydrogen-bond acceptors (Lipinski definition) is 5. The van der Waals surface area contributed by atoms with Crippen LogP contribution in [-0.4, -0.2) is 35.0 Å². The van der Waals surface area contributed by atoms with E-state index in [1.165, 1.54) is 0 Å². The predicted octanol–water partition coefficient (Wildman–Crippen LogP) is 5.35. The number of nitrogens with zero attached hydrogens (tertiary/aromatic N) is 1. The van der Waals surface area contributed by atoms with Crippen molar-refractivity contribution in [2.45, 2.75) is 58.8 Å². The third kappa shape index (κ3) is 4.02. The zero-order valence-corrected chi connectivity index (χ0v) is 21.6. The molecule has 37 heavy (non-hydrogen) atoms. The lowest BCUT2D eigenvalue weighted by Gasteiger charge is -2.39. The highest BCUT2D eigenvalue weighted by molar-refractivity contribution is 6.00. The Kier molecular flexibility index (Phi) is 6.18. The molecule has 0 unspecified atom stereocenters. The molecule has 1 fully saturated rings. The van der Waals surface area contributed by atoms with Gasteiger partial charge in [0.2, 0.25) is 5.91 Å². The van der Waals surface area contributed by atoms with E-state index in [1.807, 2.05) is 64.1 Å². The molecule has 4 aromatic rings. The number of fused-ring (bicyclic) bond motifs is 2. The quantitative estimate of drug-likeness (QED) is 0.370. The minimum atomic E-state index is -0.985. The fourth-order valence-corrected chi connectivity index (χ4v) is 5.69. The standard InChI is InChI=1S/C30H31NO6/c1-17-20(4)36-26-19(3)27-24(16-23(17)26)18(2)22(28(33)37-27)10-11-25(32)31-14-12-30(13-15-31,29(34)35)21-8-6-5-7-9-21/h5-9,16H,10-15H2,1-4H3,(H,34,35). The van der Waals surface area contributed by atoms with E-state index in [9.17, 15) is 19.5 Å². The first kappa shape index (κ1) is 24.8. The zero-order chi connectivity index (χ0) is 26.5. The van der Waals surface area contributed by atoms with Crippen molar-refractivity contribution in [3.05, 3.63) is 80.4 Å². The Balaban J connectivity index is 1.36. The van der Waals surface area contributed by atoms with Gasteiger partial charge in [0.1, 0.15) is 16.9 Å². The molecular weight excluding hydrogens is 470 g/mol. The smallest absolute Gasteiger partial charge is 0.339 e. The van der Waals surface area contributed by atoms with Crippen LogP contribution in [0, 0.1) is 27.7 Å². The number of carbonyl (C=O) groups excluding carboxylic acids is 1. The predicted molar refractivity (Wildman–Crippen MR) is 141 cm³/mol. The molecule has 0 radical (unpaired) electrons. The summed E-state index contributed by atoms with van der Waals surface area (Å²) in [5, 5.41) is 11.9. The maximum atomic E-state index is 13.1. The molecule has 0 atom stereocenters. The van der Waals surface area contributed by atoms with Crippen molar-refractivity contribution in [2.24, 2.45) is 0 Å². The van der Waals surface area contributed by atoms with Crippen LogP contribution in [0.2, 0.25) is 0 Å². The number of carboxylic acid groups (broad SMARTS) is 1. The van der Waals surface area contributed by atoms with E-state index in [1.54, 1.807) is 4.90 Å². The van der Waals surface area contributed by atoms with Gasteiger partial charge in [0.15, 0.2) is 0 Å². The Morgan fingerprint density at radius 2 is 1.54 bits per heavy atom. The molecule has 7 heteroatoms. The van der Waals surface area contributed by atoms with Crippen LogP contribution < -0.4 is 5.63 Å². The first-order chi connectivity index (χ1) is 17.6. The Morgan fingerprint density at radius 1 is 0.919 bits per heavy atom. The molecule has 0 spiro atoms. The van der Waals surface area contributed by atoms with Crippen LogP contribution in [0.15, 0.2) is 50.0 Å². The molecular formula is C30H31NO6. The van der Waals surface area contributed by atoms with Gasteiger partial charge in [0, 0.05) is 41.4 Å². The maximum Gasteiger partial charge on any atom is 0.339 e. The summed E-state index contributed by atoms with van der Waals surface area (Å²) in [5.74, 6) is -0.110. The number of aliphatic carboxylic acids is 1. The first-order valence-electron chi connectivity index (χ1n) is 12.7. The summed E-state index contributed by atoms with van der Waals surface area (Å²) in [5.41, 5.74) is 3.75. The molecule has 1 amide bonds. The molecule has 192 valence electrons. The molecule has 3 heterocycles. The molecule has 2 aromatic carbocycles. The molecule has 0 saturated carbocycles. The van der Waals surface area contributed by atoms with Gasteiger partial charge >= 0.3 is 11.6 Å². The maximum absolute atomic E-state index is 13.1. The molecule has 1 saturated heterocycles. The van der Waals surface area contributed by atoms with Crippen LogP contribution >= 0.6 is 0 Å². The van der Waals surface area contributed by atoms with E-state index in [0.29, 0.717) is 37.1 Å². The summed E-state index contributed by atoms with van der Waals surface area (Å²) in [6.07, 6.45) is 1.14. The summed E-state index contributed by atoms with van der Waals surface area (Å²) in [4.78, 5) is 40.0. The lowest BCUT2D eigenvalue weighted by atomic mass is 9.73. The molecule has 5 rings (SSSR count). The van der Waals surface area contributed by atoms with Crippen molar-refractivity contribution < 1.29 is 23.5 Å². The summed E-state index contributed by atoms with van der Waals surface area (Å²) in [7, 11) is 0. The largest absolute Gasteiger partial charge is 0.481 e. The lowest BCUT2D eigenvalue weighted by Crippen LogP contribution is -2.49. The van der Waals surface area contributed by atoms with E-state index in [-0.39, 0.29) is 18.7 Å². The molecule has 0 aliphatic carbocycles. The van der Waals surface area contributed by atoms with E-state index in [4.69, 9.17) is 8.83 Å². The Hall–Kier alpha value is -3.87. The van der Waals surface area contributed by atoms with Gasteiger partial charge in [0.05, 0.1) is 5.41 Å². The van der Waals surface area contributed by atoms with Crippen molar-refractivity contribution in [1.82, 2.24) is 4.90 Å². The number of piperidine rings is 1. The first-order valence-corrected chi connectivity index (χ1v) is 12.7. The Labute approximate surface area is 214 Å². The second-order valence-electron chi connectivity index (χ2n) is 10.2. The van der Waals surface area contributed by atoms with Crippen molar-refractivity contribution in [3.8, 4) is 0 Å². The summed E-state index contributed by atoms with van der Waals surface area (Å²) < 4.78 is 11.6. The highest BCUT2D eigenvalue weighted by atomic mass is 16.4. The number of rotatable bonds is 5. The Bertz CT molecular complexity index is 1590. The van der Waals surface area contributed by atoms with Crippen LogP contribution in [0.3, 0.4) is 0 Å². The SMILES string of the molecule is Cc1oc2c(C)c3oc(=O)c(CCC(=O)N4CCC(C(=O)O)(c5ccccc5)CC4)c(C)c3cc2c1C. The normalized spacial score (nSPS) is 15.4. The van der Waals surface area contributed by atoms with Crippen LogP contribution in [0.25, 0.3) is 21.9 Å². The number of carbonyl (C=O) groups is 2. The molecule has 7 nitrogen and oxygen atoms in total. The van der Waals surface area contributed by atoms with Gasteiger partial charge < -0.3 is 18.8 Å². The highest BCUT2D eigenvalue weighted by Gasteiger charge is 2.43. The highest BCUT2D eigenvalue weighted by Crippen LogP contribution is 2.37. The van der Waals surface area contributed by atoms with Crippen molar-refractivity contribution in [2.75, 3.05) is 13.1 Å². The van der Waals surface area contributed by atoms with E-state index in [2.05, 4.69) is 0 Å². The van der Waals surface area contributed by atoms with Gasteiger partial charge in [-0.15, -0.1) is 0 Å². The second kappa shape index (κ2) is 9.21. The monoisotopic (exact) mass is 501 g/mol. The van der Waals surface area contributed by atoms with Crippen molar-refractivity contribution in [3.63, 3.8) is 0 Å². The average molecular weight is 502 g/mol. The van der Waals surface area contributed by atoms with Gasteiger partial charge in [-0.05, 0) is 69.7 Å². The molecule has 1 N–H and O–H groups in total. The molecule has 1 aliphatic rings. The Morgan fingerprint density at radius 3 is 2.19 bits per heavy atom. The van der Waals surface area contributed by atoms with Gasteiger partial charge in [-0.3, -0.25) is 9.59 Å². The van der Waals surface area contributed by atoms with E-state index < -0.39 is 17.0 Å². The number of carboxylic acids is 1. The number of benzene rings is 2. The summed E-state index contributed by atoms with van der Waals surface area (Å²) in [6, 6.07) is 11.2. The minimum absolute atomic E-state index is 0.0844. The molecule has 0 bridgehead atoms. The van der Waals surface area contributed by atoms with Gasteiger partial charge in [-0.2, -0.15) is 0 Å². The fourth-order valence-electron chi connectivity index (χ4n) is 5.69. The number of aryl methyl sites for hydroxylation is 4. The topological polar surface area (TPSA) is 101 Å². The third-order valence-electron chi connectivity index (χ3n) is 8.24. The van der Waals surface area contributed by atoms with Crippen LogP contribution in [0.1, 0.15) is 52.8 Å². The minimum Gasteiger partial charge on any atom is -0.481 e. The number of hydrogen-bond donors (Lipinski definition) is 1. The van der Waals surface area contributed by atoms with Crippen LogP contribution in [0.4, 0.5) is 0 Å². The van der Waals surface area contributed by atoms with Gasteiger partial charge in [0.25, 0.3) is 0 Å². The van der Waals surface area contributed by atoms with Crippen molar-refractivity contribution in [1.29, 1.82) is 0 Å². The van der Waals surface area contributed by atoms with Gasteiger partial charge in [-0.1, -0.05) is 30.3 Å². The van der Waals surface area contributed by atoms with Crippen LogP contribution in [0.5, 0.6) is 0 Å². The third-order valence-corrected chi connectivity index (χ3v) is 8.24. The van der Waals surface area contributed by atoms with Gasteiger partial charge in [-0.25, -0.2) is 4.79 Å².